The van der Waals surface area contributed by atoms with Gasteiger partial charge >= 0.3 is 6.09 Å². The number of rotatable bonds is 2. The lowest BCUT2D eigenvalue weighted by atomic mass is 10.3. The summed E-state index contributed by atoms with van der Waals surface area (Å²) in [4.78, 5) is 28.0. The Labute approximate surface area is 113 Å². The van der Waals surface area contributed by atoms with Crippen molar-refractivity contribution in [2.24, 2.45) is 7.05 Å². The molecule has 0 spiro atoms. The van der Waals surface area contributed by atoms with Gasteiger partial charge in [-0.25, -0.2) is 14.7 Å². The molecule has 1 aromatic carbocycles. The van der Waals surface area contributed by atoms with Crippen molar-refractivity contribution in [2.45, 2.75) is 0 Å². The van der Waals surface area contributed by atoms with Crippen molar-refractivity contribution in [1.29, 1.82) is 0 Å². The van der Waals surface area contributed by atoms with E-state index in [0.29, 0.717) is 5.69 Å². The van der Waals surface area contributed by atoms with Crippen LogP contribution in [0.1, 0.15) is 0 Å². The molecule has 0 fully saturated rings. The van der Waals surface area contributed by atoms with E-state index >= 15 is 0 Å². The first-order chi connectivity index (χ1) is 9.00. The quantitative estimate of drug-likeness (QED) is 0.915. The predicted octanol–water partition coefficient (Wildman–Crippen LogP) is 2.25. The molecule has 1 heterocycles. The molecule has 0 atom stereocenters. The lowest BCUT2D eigenvalue weighted by Gasteiger charge is -2.18. The average Bonchev–Trinajstić information content (AvgIpc) is 2.36. The standard InChI is InChI=1S/C12H10ClN3O3/c1-15-7-9(13)14-10(11(15)17)16(12(18)19)8-5-3-2-4-6-8/h2-7H,1H3,(H,18,19). The number of anilines is 2. The molecule has 2 rings (SSSR count). The summed E-state index contributed by atoms with van der Waals surface area (Å²) in [6.07, 6.45) is 0.0105. The minimum absolute atomic E-state index is 0.0410. The maximum Gasteiger partial charge on any atom is 0.417 e. The van der Waals surface area contributed by atoms with E-state index in [0.717, 1.165) is 4.90 Å². The summed E-state index contributed by atoms with van der Waals surface area (Å²) in [5.41, 5.74) is -0.225. The van der Waals surface area contributed by atoms with Crippen molar-refractivity contribution in [3.8, 4) is 0 Å². The zero-order valence-electron chi connectivity index (χ0n) is 9.95. The molecule has 1 amide bonds. The Kier molecular flexibility index (Phi) is 3.52. The van der Waals surface area contributed by atoms with Gasteiger partial charge in [-0.2, -0.15) is 0 Å². The molecule has 19 heavy (non-hydrogen) atoms. The molecule has 2 aromatic rings. The topological polar surface area (TPSA) is 75.4 Å². The van der Waals surface area contributed by atoms with Crippen LogP contribution >= 0.6 is 11.6 Å². The van der Waals surface area contributed by atoms with Crippen LogP contribution in [-0.2, 0) is 7.05 Å². The Morgan fingerprint density at radius 2 is 2.00 bits per heavy atom. The van der Waals surface area contributed by atoms with E-state index in [1.165, 1.54) is 17.8 Å². The van der Waals surface area contributed by atoms with Crippen LogP contribution in [0.2, 0.25) is 5.15 Å². The van der Waals surface area contributed by atoms with Crippen molar-refractivity contribution < 1.29 is 9.90 Å². The molecular weight excluding hydrogens is 270 g/mol. The second-order valence-electron chi connectivity index (χ2n) is 3.76. The second-order valence-corrected chi connectivity index (χ2v) is 4.14. The van der Waals surface area contributed by atoms with Crippen LogP contribution in [0.3, 0.4) is 0 Å². The van der Waals surface area contributed by atoms with Gasteiger partial charge in [0.05, 0.1) is 5.69 Å². The summed E-state index contributed by atoms with van der Waals surface area (Å²) in [7, 11) is 1.48. The molecular formula is C12H10ClN3O3. The van der Waals surface area contributed by atoms with Gasteiger partial charge in [-0.15, -0.1) is 0 Å². The van der Waals surface area contributed by atoms with E-state index in [1.807, 2.05) is 0 Å². The number of benzene rings is 1. The van der Waals surface area contributed by atoms with Crippen molar-refractivity contribution in [3.05, 3.63) is 52.0 Å². The third kappa shape index (κ3) is 2.58. The number of amides is 1. The third-order valence-corrected chi connectivity index (χ3v) is 2.62. The van der Waals surface area contributed by atoms with Gasteiger partial charge in [-0.3, -0.25) is 4.79 Å². The Hall–Kier alpha value is -2.34. The van der Waals surface area contributed by atoms with Crippen LogP contribution in [0.25, 0.3) is 0 Å². The largest absolute Gasteiger partial charge is 0.464 e. The number of carboxylic acid groups (broad SMARTS) is 1. The maximum absolute atomic E-state index is 12.0. The van der Waals surface area contributed by atoms with E-state index in [1.54, 1.807) is 30.3 Å². The highest BCUT2D eigenvalue weighted by molar-refractivity contribution is 6.29. The zero-order chi connectivity index (χ0) is 14.0. The van der Waals surface area contributed by atoms with E-state index in [9.17, 15) is 14.7 Å². The summed E-state index contributed by atoms with van der Waals surface area (Å²) in [5, 5.41) is 9.32. The van der Waals surface area contributed by atoms with Gasteiger partial charge in [0, 0.05) is 13.2 Å². The Balaban J connectivity index is 2.65. The third-order valence-electron chi connectivity index (χ3n) is 2.44. The van der Waals surface area contributed by atoms with Crippen molar-refractivity contribution in [1.82, 2.24) is 9.55 Å². The highest BCUT2D eigenvalue weighted by atomic mass is 35.5. The number of halogens is 1. The number of hydrogen-bond acceptors (Lipinski definition) is 3. The van der Waals surface area contributed by atoms with Crippen molar-refractivity contribution in [3.63, 3.8) is 0 Å². The fourth-order valence-corrected chi connectivity index (χ4v) is 1.83. The van der Waals surface area contributed by atoms with Crippen molar-refractivity contribution >= 4 is 29.2 Å². The maximum atomic E-state index is 12.0. The summed E-state index contributed by atoms with van der Waals surface area (Å²) in [5.74, 6) is -0.256. The first kappa shape index (κ1) is 13.1. The minimum Gasteiger partial charge on any atom is -0.464 e. The fourth-order valence-electron chi connectivity index (χ4n) is 1.60. The summed E-state index contributed by atoms with van der Waals surface area (Å²) >= 11 is 5.77. The average molecular weight is 280 g/mol. The summed E-state index contributed by atoms with van der Waals surface area (Å²) < 4.78 is 1.18. The van der Waals surface area contributed by atoms with Crippen LogP contribution in [0.5, 0.6) is 0 Å². The van der Waals surface area contributed by atoms with Crippen LogP contribution in [-0.4, -0.2) is 20.8 Å². The molecule has 0 aliphatic rings. The molecule has 0 bridgehead atoms. The molecule has 0 saturated heterocycles. The Morgan fingerprint density at radius 1 is 1.37 bits per heavy atom. The molecule has 0 aliphatic heterocycles. The molecule has 1 aromatic heterocycles. The lowest BCUT2D eigenvalue weighted by molar-refractivity contribution is 0.204. The van der Waals surface area contributed by atoms with E-state index in [2.05, 4.69) is 4.98 Å². The summed E-state index contributed by atoms with van der Waals surface area (Å²) in [6.45, 7) is 0. The highest BCUT2D eigenvalue weighted by Crippen LogP contribution is 2.21. The van der Waals surface area contributed by atoms with E-state index in [-0.39, 0.29) is 11.0 Å². The van der Waals surface area contributed by atoms with Crippen LogP contribution < -0.4 is 10.5 Å². The second kappa shape index (κ2) is 5.11. The van der Waals surface area contributed by atoms with Gasteiger partial charge < -0.3 is 9.67 Å². The molecule has 0 radical (unpaired) electrons. The predicted molar refractivity (Wildman–Crippen MR) is 71.1 cm³/mol. The number of nitrogens with zero attached hydrogens (tertiary/aromatic N) is 3. The van der Waals surface area contributed by atoms with Crippen LogP contribution in [0, 0.1) is 0 Å². The number of aromatic nitrogens is 2. The monoisotopic (exact) mass is 279 g/mol. The van der Waals surface area contributed by atoms with Gasteiger partial charge in [0.25, 0.3) is 5.56 Å². The zero-order valence-corrected chi connectivity index (χ0v) is 10.7. The lowest BCUT2D eigenvalue weighted by Crippen LogP contribution is -2.33. The van der Waals surface area contributed by atoms with Gasteiger partial charge in [-0.1, -0.05) is 29.8 Å². The molecule has 98 valence electrons. The molecule has 1 N–H and O–H groups in total. The molecule has 6 nitrogen and oxygen atoms in total. The Morgan fingerprint density at radius 3 is 2.58 bits per heavy atom. The number of carbonyl (C=O) groups is 1. The van der Waals surface area contributed by atoms with Gasteiger partial charge in [0.1, 0.15) is 5.15 Å². The Bertz CT molecular complexity index is 670. The number of para-hydroxylation sites is 1. The van der Waals surface area contributed by atoms with Crippen LogP contribution in [0.4, 0.5) is 16.3 Å². The van der Waals surface area contributed by atoms with E-state index < -0.39 is 11.7 Å². The molecule has 0 aliphatic carbocycles. The molecule has 7 heteroatoms. The first-order valence-corrected chi connectivity index (χ1v) is 5.70. The summed E-state index contributed by atoms with van der Waals surface area (Å²) in [6, 6.07) is 8.21. The first-order valence-electron chi connectivity index (χ1n) is 5.32. The highest BCUT2D eigenvalue weighted by Gasteiger charge is 2.22. The smallest absolute Gasteiger partial charge is 0.417 e. The minimum atomic E-state index is -1.31. The van der Waals surface area contributed by atoms with Gasteiger partial charge in [-0.05, 0) is 12.1 Å². The van der Waals surface area contributed by atoms with Crippen LogP contribution in [0.15, 0.2) is 41.3 Å². The SMILES string of the molecule is Cn1cc(Cl)nc(N(C(=O)O)c2ccccc2)c1=O. The molecule has 0 unspecified atom stereocenters. The van der Waals surface area contributed by atoms with Gasteiger partial charge in [0.15, 0.2) is 0 Å². The fraction of sp³-hybridized carbons (Fsp3) is 0.0833. The normalized spacial score (nSPS) is 10.2. The van der Waals surface area contributed by atoms with Crippen molar-refractivity contribution in [2.75, 3.05) is 4.90 Å². The molecule has 0 saturated carbocycles. The van der Waals surface area contributed by atoms with Gasteiger partial charge in [0.2, 0.25) is 5.82 Å². The van der Waals surface area contributed by atoms with E-state index in [4.69, 9.17) is 11.6 Å². The number of aryl methyl sites for hydroxylation is 1. The number of hydrogen-bond donors (Lipinski definition) is 1.